The summed E-state index contributed by atoms with van der Waals surface area (Å²) >= 11 is 0. The minimum Gasteiger partial charge on any atom is -0.467 e. The first-order valence-electron chi connectivity index (χ1n) is 6.98. The standard InChI is InChI=1S/C17H23NO3/c1-11(2)16(17(20)21-5)18-15(19)9-8-14-7-6-12(3)10-13(14)4/h6-11,16H,1-5H3,(H,18,19)/t16-/m0/s1. The van der Waals surface area contributed by atoms with Gasteiger partial charge in [0.05, 0.1) is 7.11 Å². The van der Waals surface area contributed by atoms with Crippen molar-refractivity contribution in [3.8, 4) is 0 Å². The van der Waals surface area contributed by atoms with Gasteiger partial charge in [0.15, 0.2) is 0 Å². The second-order valence-electron chi connectivity index (χ2n) is 5.45. The molecule has 0 saturated heterocycles. The highest BCUT2D eigenvalue weighted by atomic mass is 16.5. The van der Waals surface area contributed by atoms with Crippen molar-refractivity contribution >= 4 is 18.0 Å². The first kappa shape index (κ1) is 17.0. The Morgan fingerprint density at radius 2 is 1.90 bits per heavy atom. The molecule has 0 radical (unpaired) electrons. The number of nitrogens with one attached hydrogen (secondary N) is 1. The summed E-state index contributed by atoms with van der Waals surface area (Å²) in [5.74, 6) is -0.770. The molecule has 1 atom stereocenters. The molecule has 1 N–H and O–H groups in total. The van der Waals surface area contributed by atoms with Crippen LogP contribution in [-0.2, 0) is 14.3 Å². The van der Waals surface area contributed by atoms with Gasteiger partial charge in [-0.2, -0.15) is 0 Å². The molecule has 0 aromatic heterocycles. The molecule has 0 aliphatic rings. The zero-order valence-electron chi connectivity index (χ0n) is 13.3. The fraction of sp³-hybridized carbons (Fsp3) is 0.412. The molecule has 0 heterocycles. The summed E-state index contributed by atoms with van der Waals surface area (Å²) in [5, 5.41) is 2.67. The lowest BCUT2D eigenvalue weighted by Gasteiger charge is -2.18. The largest absolute Gasteiger partial charge is 0.467 e. The molecule has 4 nitrogen and oxygen atoms in total. The third kappa shape index (κ3) is 5.06. The molecule has 1 aromatic carbocycles. The number of amides is 1. The van der Waals surface area contributed by atoms with E-state index in [-0.39, 0.29) is 11.8 Å². The van der Waals surface area contributed by atoms with Gasteiger partial charge >= 0.3 is 5.97 Å². The van der Waals surface area contributed by atoms with E-state index >= 15 is 0 Å². The average molecular weight is 289 g/mol. The third-order valence-corrected chi connectivity index (χ3v) is 3.26. The van der Waals surface area contributed by atoms with E-state index < -0.39 is 12.0 Å². The van der Waals surface area contributed by atoms with Crippen molar-refractivity contribution in [2.75, 3.05) is 7.11 Å². The van der Waals surface area contributed by atoms with Crippen LogP contribution < -0.4 is 5.32 Å². The van der Waals surface area contributed by atoms with E-state index in [1.54, 1.807) is 6.08 Å². The average Bonchev–Trinajstić information content (AvgIpc) is 2.42. The zero-order chi connectivity index (χ0) is 16.0. The summed E-state index contributed by atoms with van der Waals surface area (Å²) in [6.45, 7) is 7.73. The third-order valence-electron chi connectivity index (χ3n) is 3.26. The summed E-state index contributed by atoms with van der Waals surface area (Å²) in [5.41, 5.74) is 3.27. The van der Waals surface area contributed by atoms with Crippen molar-refractivity contribution in [1.29, 1.82) is 0 Å². The summed E-state index contributed by atoms with van der Waals surface area (Å²) in [7, 11) is 1.31. The van der Waals surface area contributed by atoms with Crippen LogP contribution in [0.2, 0.25) is 0 Å². The van der Waals surface area contributed by atoms with Crippen LogP contribution in [0.1, 0.15) is 30.5 Å². The van der Waals surface area contributed by atoms with Gasteiger partial charge in [0.1, 0.15) is 6.04 Å². The van der Waals surface area contributed by atoms with E-state index in [9.17, 15) is 9.59 Å². The lowest BCUT2D eigenvalue weighted by Crippen LogP contribution is -2.44. The van der Waals surface area contributed by atoms with Crippen LogP contribution in [0.4, 0.5) is 0 Å². The van der Waals surface area contributed by atoms with Gasteiger partial charge in [-0.15, -0.1) is 0 Å². The quantitative estimate of drug-likeness (QED) is 0.669. The van der Waals surface area contributed by atoms with Gasteiger partial charge in [0, 0.05) is 6.08 Å². The number of carbonyl (C=O) groups is 2. The van der Waals surface area contributed by atoms with Crippen LogP contribution in [0, 0.1) is 19.8 Å². The molecule has 1 amide bonds. The first-order valence-corrected chi connectivity index (χ1v) is 6.98. The molecule has 0 spiro atoms. The molecule has 0 fully saturated rings. The Morgan fingerprint density at radius 1 is 1.24 bits per heavy atom. The Bertz CT molecular complexity index is 547. The maximum absolute atomic E-state index is 11.9. The Hall–Kier alpha value is -2.10. The predicted molar refractivity (Wildman–Crippen MR) is 83.7 cm³/mol. The van der Waals surface area contributed by atoms with Crippen molar-refractivity contribution in [3.05, 3.63) is 41.0 Å². The number of rotatable bonds is 5. The Labute approximate surface area is 126 Å². The molecule has 21 heavy (non-hydrogen) atoms. The second-order valence-corrected chi connectivity index (χ2v) is 5.45. The van der Waals surface area contributed by atoms with E-state index in [0.29, 0.717) is 0 Å². The normalized spacial score (nSPS) is 12.5. The van der Waals surface area contributed by atoms with E-state index in [1.165, 1.54) is 18.7 Å². The van der Waals surface area contributed by atoms with Gasteiger partial charge in [-0.3, -0.25) is 4.79 Å². The Balaban J connectivity index is 2.76. The number of carbonyl (C=O) groups excluding carboxylic acids is 2. The number of hydrogen-bond acceptors (Lipinski definition) is 3. The highest BCUT2D eigenvalue weighted by Crippen LogP contribution is 2.12. The van der Waals surface area contributed by atoms with Crippen LogP contribution in [-0.4, -0.2) is 25.0 Å². The number of methoxy groups -OCH3 is 1. The SMILES string of the molecule is COC(=O)[C@@H](NC(=O)C=Cc1ccc(C)cc1C)C(C)C. The van der Waals surface area contributed by atoms with E-state index in [0.717, 1.165) is 11.1 Å². The number of benzene rings is 1. The zero-order valence-corrected chi connectivity index (χ0v) is 13.3. The van der Waals surface area contributed by atoms with E-state index in [1.807, 2.05) is 39.8 Å². The van der Waals surface area contributed by atoms with Gasteiger partial charge in [-0.05, 0) is 37.0 Å². The van der Waals surface area contributed by atoms with Crippen molar-refractivity contribution in [1.82, 2.24) is 5.32 Å². The molecule has 1 rings (SSSR count). The highest BCUT2D eigenvalue weighted by molar-refractivity contribution is 5.94. The molecule has 0 unspecified atom stereocenters. The monoisotopic (exact) mass is 289 g/mol. The van der Waals surface area contributed by atoms with Gasteiger partial charge < -0.3 is 10.1 Å². The first-order chi connectivity index (χ1) is 9.85. The van der Waals surface area contributed by atoms with Crippen molar-refractivity contribution in [2.24, 2.45) is 5.92 Å². The number of esters is 1. The molecule has 1 aromatic rings. The van der Waals surface area contributed by atoms with Gasteiger partial charge in [-0.25, -0.2) is 4.79 Å². The number of aryl methyl sites for hydroxylation is 2. The Morgan fingerprint density at radius 3 is 2.43 bits per heavy atom. The summed E-state index contributed by atoms with van der Waals surface area (Å²) < 4.78 is 4.69. The van der Waals surface area contributed by atoms with Crippen LogP contribution in [0.25, 0.3) is 6.08 Å². The van der Waals surface area contributed by atoms with E-state index in [4.69, 9.17) is 4.74 Å². The predicted octanol–water partition coefficient (Wildman–Crippen LogP) is 2.63. The minimum absolute atomic E-state index is 0.0316. The maximum atomic E-state index is 11.9. The maximum Gasteiger partial charge on any atom is 0.328 e. The van der Waals surface area contributed by atoms with Crippen molar-refractivity contribution < 1.29 is 14.3 Å². The number of hydrogen-bond donors (Lipinski definition) is 1. The Kier molecular flexibility index (Phi) is 6.15. The minimum atomic E-state index is -0.633. The molecular weight excluding hydrogens is 266 g/mol. The molecule has 0 aliphatic carbocycles. The topological polar surface area (TPSA) is 55.4 Å². The van der Waals surface area contributed by atoms with Crippen LogP contribution in [0.15, 0.2) is 24.3 Å². The van der Waals surface area contributed by atoms with Crippen molar-refractivity contribution in [2.45, 2.75) is 33.7 Å². The summed E-state index contributed by atoms with van der Waals surface area (Å²) in [6.07, 6.45) is 3.19. The van der Waals surface area contributed by atoms with Gasteiger partial charge in [0.2, 0.25) is 5.91 Å². The van der Waals surface area contributed by atoms with Crippen molar-refractivity contribution in [3.63, 3.8) is 0 Å². The second kappa shape index (κ2) is 7.62. The summed E-state index contributed by atoms with van der Waals surface area (Å²) in [6, 6.07) is 5.39. The molecule has 114 valence electrons. The number of ether oxygens (including phenoxy) is 1. The van der Waals surface area contributed by atoms with Crippen LogP contribution in [0.3, 0.4) is 0 Å². The van der Waals surface area contributed by atoms with Crippen LogP contribution >= 0.6 is 0 Å². The van der Waals surface area contributed by atoms with Crippen LogP contribution in [0.5, 0.6) is 0 Å². The highest BCUT2D eigenvalue weighted by Gasteiger charge is 2.23. The lowest BCUT2D eigenvalue weighted by atomic mass is 10.0. The fourth-order valence-corrected chi connectivity index (χ4v) is 2.00. The molecule has 0 aliphatic heterocycles. The molecule has 4 heteroatoms. The molecular formula is C17H23NO3. The van der Waals surface area contributed by atoms with Gasteiger partial charge in [0.25, 0.3) is 0 Å². The van der Waals surface area contributed by atoms with Gasteiger partial charge in [-0.1, -0.05) is 37.6 Å². The van der Waals surface area contributed by atoms with E-state index in [2.05, 4.69) is 11.4 Å². The summed E-state index contributed by atoms with van der Waals surface area (Å²) in [4.78, 5) is 23.5. The molecule has 0 saturated carbocycles. The molecule has 0 bridgehead atoms. The smallest absolute Gasteiger partial charge is 0.328 e. The fourth-order valence-electron chi connectivity index (χ4n) is 2.00. The lowest BCUT2D eigenvalue weighted by molar-refractivity contribution is -0.145.